The molecular formula is C12H13F2N3. The summed E-state index contributed by atoms with van der Waals surface area (Å²) in [6.07, 6.45) is 2.05. The lowest BCUT2D eigenvalue weighted by Crippen LogP contribution is -2.18. The molecule has 0 aliphatic carbocycles. The molecule has 90 valence electrons. The van der Waals surface area contributed by atoms with Crippen molar-refractivity contribution in [1.29, 1.82) is 0 Å². The van der Waals surface area contributed by atoms with E-state index >= 15 is 0 Å². The molecule has 0 fully saturated rings. The van der Waals surface area contributed by atoms with E-state index in [1.54, 1.807) is 0 Å². The predicted octanol–water partition coefficient (Wildman–Crippen LogP) is 2.24. The summed E-state index contributed by atoms with van der Waals surface area (Å²) in [6.45, 7) is 1.85. The Morgan fingerprint density at radius 1 is 1.41 bits per heavy atom. The highest BCUT2D eigenvalue weighted by molar-refractivity contribution is 5.59. The Kier molecular flexibility index (Phi) is 3.19. The molecule has 0 aliphatic heterocycles. The maximum Gasteiger partial charge on any atom is 0.168 e. The van der Waals surface area contributed by atoms with Crippen LogP contribution < -0.4 is 5.73 Å². The minimum Gasteiger partial charge on any atom is -0.342 e. The number of nitrogens with two attached hydrogens (primary N) is 1. The van der Waals surface area contributed by atoms with Crippen molar-refractivity contribution in [3.8, 4) is 11.3 Å². The number of nitrogens with one attached hydrogen (secondary N) is 1. The molecule has 2 rings (SSSR count). The fourth-order valence-electron chi connectivity index (χ4n) is 1.62. The molecule has 1 unspecified atom stereocenters. The molecule has 0 amide bonds. The van der Waals surface area contributed by atoms with Gasteiger partial charge in [0.25, 0.3) is 0 Å². The number of halogens is 2. The summed E-state index contributed by atoms with van der Waals surface area (Å²) in [4.78, 5) is 7.01. The summed E-state index contributed by atoms with van der Waals surface area (Å²) in [6, 6.07) is 4.01. The molecule has 1 atom stereocenters. The topological polar surface area (TPSA) is 54.7 Å². The summed E-state index contributed by atoms with van der Waals surface area (Å²) >= 11 is 0. The van der Waals surface area contributed by atoms with Crippen LogP contribution in [0.4, 0.5) is 8.78 Å². The van der Waals surface area contributed by atoms with Crippen LogP contribution in [0.25, 0.3) is 11.3 Å². The Bertz CT molecular complexity index is 520. The zero-order chi connectivity index (χ0) is 12.4. The van der Waals surface area contributed by atoms with Crippen molar-refractivity contribution >= 4 is 0 Å². The van der Waals surface area contributed by atoms with Crippen LogP contribution in [0.1, 0.15) is 12.7 Å². The van der Waals surface area contributed by atoms with Crippen molar-refractivity contribution in [1.82, 2.24) is 9.97 Å². The summed E-state index contributed by atoms with van der Waals surface area (Å²) in [5.41, 5.74) is 6.26. The van der Waals surface area contributed by atoms with Crippen LogP contribution in [-0.2, 0) is 6.42 Å². The van der Waals surface area contributed by atoms with Gasteiger partial charge in [-0.15, -0.1) is 0 Å². The number of rotatable bonds is 3. The van der Waals surface area contributed by atoms with Gasteiger partial charge >= 0.3 is 0 Å². The van der Waals surface area contributed by atoms with Gasteiger partial charge in [-0.3, -0.25) is 0 Å². The maximum atomic E-state index is 13.5. The van der Waals surface area contributed by atoms with Crippen LogP contribution in [0.3, 0.4) is 0 Å². The molecular weight excluding hydrogens is 224 g/mol. The Labute approximate surface area is 97.7 Å². The molecule has 0 saturated carbocycles. The quantitative estimate of drug-likeness (QED) is 0.860. The van der Waals surface area contributed by atoms with Crippen LogP contribution in [0.2, 0.25) is 0 Å². The van der Waals surface area contributed by atoms with Crippen molar-refractivity contribution in [3.63, 3.8) is 0 Å². The van der Waals surface area contributed by atoms with Crippen LogP contribution in [0.5, 0.6) is 0 Å². The lowest BCUT2D eigenvalue weighted by Gasteiger charge is -2.02. The molecule has 2 aromatic rings. The third-order valence-electron chi connectivity index (χ3n) is 2.39. The maximum absolute atomic E-state index is 13.5. The van der Waals surface area contributed by atoms with E-state index in [2.05, 4.69) is 9.97 Å². The molecule has 17 heavy (non-hydrogen) atoms. The first-order chi connectivity index (χ1) is 8.08. The average molecular weight is 237 g/mol. The SMILES string of the molecule is CC(N)Cc1ncc(-c2cccc(F)c2F)[nH]1. The second-order valence-electron chi connectivity index (χ2n) is 4.03. The smallest absolute Gasteiger partial charge is 0.168 e. The molecule has 0 saturated heterocycles. The van der Waals surface area contributed by atoms with Crippen molar-refractivity contribution in [3.05, 3.63) is 41.9 Å². The first-order valence-corrected chi connectivity index (χ1v) is 5.31. The lowest BCUT2D eigenvalue weighted by atomic mass is 10.1. The van der Waals surface area contributed by atoms with E-state index in [4.69, 9.17) is 5.73 Å². The highest BCUT2D eigenvalue weighted by Gasteiger charge is 2.12. The number of imidazole rings is 1. The Morgan fingerprint density at radius 2 is 2.18 bits per heavy atom. The van der Waals surface area contributed by atoms with Gasteiger partial charge in [-0.25, -0.2) is 13.8 Å². The Morgan fingerprint density at radius 3 is 2.88 bits per heavy atom. The minimum absolute atomic E-state index is 0.0358. The summed E-state index contributed by atoms with van der Waals surface area (Å²) < 4.78 is 26.6. The molecule has 3 N–H and O–H groups in total. The number of nitrogens with zero attached hydrogens (tertiary/aromatic N) is 1. The number of H-pyrrole nitrogens is 1. The number of aromatic amines is 1. The van der Waals surface area contributed by atoms with Crippen LogP contribution >= 0.6 is 0 Å². The van der Waals surface area contributed by atoms with Crippen LogP contribution in [0, 0.1) is 11.6 Å². The normalized spacial score (nSPS) is 12.7. The number of hydrogen-bond donors (Lipinski definition) is 2. The summed E-state index contributed by atoms with van der Waals surface area (Å²) in [7, 11) is 0. The largest absolute Gasteiger partial charge is 0.342 e. The van der Waals surface area contributed by atoms with E-state index in [-0.39, 0.29) is 11.6 Å². The van der Waals surface area contributed by atoms with E-state index in [0.29, 0.717) is 17.9 Å². The average Bonchev–Trinajstić information content (AvgIpc) is 2.69. The minimum atomic E-state index is -0.872. The van der Waals surface area contributed by atoms with Gasteiger partial charge in [0, 0.05) is 18.0 Å². The van der Waals surface area contributed by atoms with Crippen molar-refractivity contribution in [2.24, 2.45) is 5.73 Å². The zero-order valence-electron chi connectivity index (χ0n) is 9.37. The molecule has 0 aliphatic rings. The van der Waals surface area contributed by atoms with E-state index in [1.165, 1.54) is 18.3 Å². The number of benzene rings is 1. The van der Waals surface area contributed by atoms with Crippen molar-refractivity contribution in [2.75, 3.05) is 0 Å². The number of hydrogen-bond acceptors (Lipinski definition) is 2. The van der Waals surface area contributed by atoms with Crippen molar-refractivity contribution in [2.45, 2.75) is 19.4 Å². The Hall–Kier alpha value is -1.75. The van der Waals surface area contributed by atoms with Gasteiger partial charge in [0.1, 0.15) is 5.82 Å². The van der Waals surface area contributed by atoms with Gasteiger partial charge in [0.15, 0.2) is 11.6 Å². The fourth-order valence-corrected chi connectivity index (χ4v) is 1.62. The molecule has 5 heteroatoms. The van der Waals surface area contributed by atoms with E-state index in [9.17, 15) is 8.78 Å². The third-order valence-corrected chi connectivity index (χ3v) is 2.39. The van der Waals surface area contributed by atoms with E-state index in [1.807, 2.05) is 6.92 Å². The van der Waals surface area contributed by atoms with E-state index < -0.39 is 11.6 Å². The molecule has 0 spiro atoms. The Balaban J connectivity index is 2.34. The lowest BCUT2D eigenvalue weighted by molar-refractivity contribution is 0.511. The molecule has 0 bridgehead atoms. The molecule has 0 radical (unpaired) electrons. The van der Waals surface area contributed by atoms with Gasteiger partial charge in [0.05, 0.1) is 11.9 Å². The molecule has 1 aromatic carbocycles. The summed E-state index contributed by atoms with van der Waals surface area (Å²) in [5.74, 6) is -1.08. The summed E-state index contributed by atoms with van der Waals surface area (Å²) in [5, 5.41) is 0. The third kappa shape index (κ3) is 2.50. The van der Waals surface area contributed by atoms with Crippen LogP contribution in [-0.4, -0.2) is 16.0 Å². The molecule has 1 heterocycles. The van der Waals surface area contributed by atoms with Gasteiger partial charge < -0.3 is 10.7 Å². The van der Waals surface area contributed by atoms with Gasteiger partial charge in [-0.05, 0) is 19.1 Å². The zero-order valence-corrected chi connectivity index (χ0v) is 9.37. The van der Waals surface area contributed by atoms with Crippen molar-refractivity contribution < 1.29 is 8.78 Å². The first-order valence-electron chi connectivity index (χ1n) is 5.31. The van der Waals surface area contributed by atoms with E-state index in [0.717, 1.165) is 6.07 Å². The van der Waals surface area contributed by atoms with Crippen LogP contribution in [0.15, 0.2) is 24.4 Å². The fraction of sp³-hybridized carbons (Fsp3) is 0.250. The predicted molar refractivity (Wildman–Crippen MR) is 61.3 cm³/mol. The second-order valence-corrected chi connectivity index (χ2v) is 4.03. The first kappa shape index (κ1) is 11.7. The molecule has 3 nitrogen and oxygen atoms in total. The van der Waals surface area contributed by atoms with Gasteiger partial charge in [-0.2, -0.15) is 0 Å². The standard InChI is InChI=1S/C12H13F2N3/c1-7(15)5-11-16-6-10(17-11)8-3-2-4-9(13)12(8)14/h2-4,6-7H,5,15H2,1H3,(H,16,17). The number of aromatic nitrogens is 2. The molecule has 1 aromatic heterocycles. The highest BCUT2D eigenvalue weighted by Crippen LogP contribution is 2.22. The van der Waals surface area contributed by atoms with Gasteiger partial charge in [0.2, 0.25) is 0 Å². The second kappa shape index (κ2) is 4.63. The monoisotopic (exact) mass is 237 g/mol. The van der Waals surface area contributed by atoms with Gasteiger partial charge in [-0.1, -0.05) is 6.07 Å². The highest BCUT2D eigenvalue weighted by atomic mass is 19.2.